The van der Waals surface area contributed by atoms with E-state index in [0.29, 0.717) is 33.5 Å². The Hall–Kier alpha value is -3.70. The Morgan fingerprint density at radius 2 is 1.67 bits per heavy atom. The second kappa shape index (κ2) is 9.67. The van der Waals surface area contributed by atoms with Crippen LogP contribution in [0.2, 0.25) is 0 Å². The lowest BCUT2D eigenvalue weighted by molar-refractivity contribution is 0.324. The number of nitrogens with one attached hydrogen (secondary N) is 1. The molecule has 7 nitrogen and oxygen atoms in total. The summed E-state index contributed by atoms with van der Waals surface area (Å²) in [5.41, 5.74) is 2.84. The molecule has 0 saturated heterocycles. The molecule has 0 amide bonds. The monoisotopic (exact) mass is 423 g/mol. The second-order valence-corrected chi connectivity index (χ2v) is 6.85. The van der Waals surface area contributed by atoms with Gasteiger partial charge in [0.05, 0.1) is 34.1 Å². The van der Waals surface area contributed by atoms with Crippen LogP contribution in [0.3, 0.4) is 0 Å². The fourth-order valence-corrected chi connectivity index (χ4v) is 3.55. The van der Waals surface area contributed by atoms with E-state index >= 15 is 0 Å². The van der Waals surface area contributed by atoms with Crippen LogP contribution in [0.15, 0.2) is 48.0 Å². The van der Waals surface area contributed by atoms with Crippen molar-refractivity contribution in [1.29, 1.82) is 5.26 Å². The highest BCUT2D eigenvalue weighted by Crippen LogP contribution is 2.40. The predicted molar refractivity (Wildman–Crippen MR) is 117 cm³/mol. The van der Waals surface area contributed by atoms with E-state index in [1.807, 2.05) is 29.6 Å². The van der Waals surface area contributed by atoms with E-state index in [9.17, 15) is 5.26 Å². The van der Waals surface area contributed by atoms with Crippen LogP contribution in [0, 0.1) is 11.3 Å². The molecule has 1 heterocycles. The minimum atomic E-state index is 0.411. The topological polar surface area (TPSA) is 85.6 Å². The van der Waals surface area contributed by atoms with Gasteiger partial charge in [-0.3, -0.25) is 0 Å². The number of aromatic nitrogens is 1. The summed E-state index contributed by atoms with van der Waals surface area (Å²) in [6.07, 6.45) is 1.61. The Labute approximate surface area is 179 Å². The molecule has 0 aliphatic carbocycles. The number of hydrogen-bond acceptors (Lipinski definition) is 8. The number of nitriles is 1. The zero-order valence-electron chi connectivity index (χ0n) is 17.1. The van der Waals surface area contributed by atoms with Gasteiger partial charge in [-0.25, -0.2) is 4.98 Å². The molecule has 0 radical (unpaired) electrons. The van der Waals surface area contributed by atoms with Crippen LogP contribution in [0.5, 0.6) is 23.0 Å². The number of benzene rings is 2. The summed E-state index contributed by atoms with van der Waals surface area (Å²) in [5.74, 6) is 2.31. The van der Waals surface area contributed by atoms with E-state index in [1.54, 1.807) is 46.8 Å². The number of anilines is 1. The van der Waals surface area contributed by atoms with Crippen molar-refractivity contribution in [3.05, 3.63) is 53.0 Å². The minimum absolute atomic E-state index is 0.411. The molecule has 1 N–H and O–H groups in total. The van der Waals surface area contributed by atoms with Gasteiger partial charge in [0.2, 0.25) is 5.75 Å². The molecular formula is C22H21N3O4S. The summed E-state index contributed by atoms with van der Waals surface area (Å²) < 4.78 is 21.2. The van der Waals surface area contributed by atoms with Gasteiger partial charge < -0.3 is 24.3 Å². The molecule has 0 atom stereocenters. The standard InChI is InChI=1S/C22H21N3O4S/c1-26-17-7-5-14(6-8-17)18-13-30-22(25-18)15(11-23)12-24-16-9-19(27-2)21(29-4)20(10-16)28-3/h5-10,12-13,24H,1-4H3. The predicted octanol–water partition coefficient (Wildman–Crippen LogP) is 4.82. The van der Waals surface area contributed by atoms with Crippen molar-refractivity contribution in [2.45, 2.75) is 0 Å². The van der Waals surface area contributed by atoms with E-state index in [0.717, 1.165) is 17.0 Å². The molecule has 0 bridgehead atoms. The van der Waals surface area contributed by atoms with Crippen molar-refractivity contribution in [1.82, 2.24) is 4.98 Å². The van der Waals surface area contributed by atoms with Gasteiger partial charge in [0, 0.05) is 35.0 Å². The van der Waals surface area contributed by atoms with Crippen molar-refractivity contribution in [2.24, 2.45) is 0 Å². The third-order valence-electron chi connectivity index (χ3n) is 4.29. The molecule has 1 aromatic heterocycles. The summed E-state index contributed by atoms with van der Waals surface area (Å²) in [6.45, 7) is 0. The maximum absolute atomic E-state index is 9.61. The molecule has 30 heavy (non-hydrogen) atoms. The van der Waals surface area contributed by atoms with Crippen LogP contribution >= 0.6 is 11.3 Å². The highest BCUT2D eigenvalue weighted by Gasteiger charge is 2.14. The van der Waals surface area contributed by atoms with Gasteiger partial charge in [0.1, 0.15) is 22.4 Å². The first-order valence-corrected chi connectivity index (χ1v) is 9.78. The maximum Gasteiger partial charge on any atom is 0.203 e. The van der Waals surface area contributed by atoms with Gasteiger partial charge in [-0.1, -0.05) is 0 Å². The van der Waals surface area contributed by atoms with E-state index < -0.39 is 0 Å². The molecular weight excluding hydrogens is 402 g/mol. The third-order valence-corrected chi connectivity index (χ3v) is 5.16. The largest absolute Gasteiger partial charge is 0.497 e. The van der Waals surface area contributed by atoms with Crippen molar-refractivity contribution >= 4 is 22.6 Å². The van der Waals surface area contributed by atoms with Crippen LogP contribution in [0.25, 0.3) is 16.8 Å². The zero-order valence-corrected chi connectivity index (χ0v) is 17.9. The van der Waals surface area contributed by atoms with Gasteiger partial charge in [0.15, 0.2) is 11.5 Å². The first kappa shape index (κ1) is 21.0. The molecule has 2 aromatic carbocycles. The first-order valence-electron chi connectivity index (χ1n) is 8.90. The number of allylic oxidation sites excluding steroid dienone is 1. The lowest BCUT2D eigenvalue weighted by Crippen LogP contribution is -1.98. The highest BCUT2D eigenvalue weighted by atomic mass is 32.1. The number of hydrogen-bond donors (Lipinski definition) is 1. The van der Waals surface area contributed by atoms with Crippen LogP contribution in [-0.2, 0) is 0 Å². The van der Waals surface area contributed by atoms with Gasteiger partial charge in [-0.15, -0.1) is 11.3 Å². The molecule has 8 heteroatoms. The molecule has 0 aliphatic rings. The Morgan fingerprint density at radius 1 is 1.00 bits per heavy atom. The molecule has 154 valence electrons. The summed E-state index contributed by atoms with van der Waals surface area (Å²) in [5, 5.41) is 15.3. The summed E-state index contributed by atoms with van der Waals surface area (Å²) in [6, 6.07) is 13.3. The van der Waals surface area contributed by atoms with Crippen molar-refractivity contribution in [3.63, 3.8) is 0 Å². The summed E-state index contributed by atoms with van der Waals surface area (Å²) >= 11 is 1.40. The number of methoxy groups -OCH3 is 4. The average Bonchev–Trinajstić information content (AvgIpc) is 3.28. The SMILES string of the molecule is COc1ccc(-c2csc(C(C#N)=CNc3cc(OC)c(OC)c(OC)c3)n2)cc1. The van der Waals surface area contributed by atoms with Crippen molar-refractivity contribution in [2.75, 3.05) is 33.8 Å². The Morgan fingerprint density at radius 3 is 2.20 bits per heavy atom. The van der Waals surface area contributed by atoms with Gasteiger partial charge in [-0.05, 0) is 24.3 Å². The minimum Gasteiger partial charge on any atom is -0.497 e. The van der Waals surface area contributed by atoms with E-state index in [-0.39, 0.29) is 0 Å². The molecule has 3 rings (SSSR count). The van der Waals surface area contributed by atoms with Crippen molar-refractivity contribution in [3.8, 4) is 40.3 Å². The molecule has 0 saturated carbocycles. The lowest BCUT2D eigenvalue weighted by atomic mass is 10.2. The molecule has 0 aliphatic heterocycles. The fourth-order valence-electron chi connectivity index (χ4n) is 2.75. The maximum atomic E-state index is 9.61. The third kappa shape index (κ3) is 4.47. The fraction of sp³-hybridized carbons (Fsp3) is 0.182. The van der Waals surface area contributed by atoms with Gasteiger partial charge in [0.25, 0.3) is 0 Å². The highest BCUT2D eigenvalue weighted by molar-refractivity contribution is 7.11. The van der Waals surface area contributed by atoms with Crippen molar-refractivity contribution < 1.29 is 18.9 Å². The molecule has 3 aromatic rings. The zero-order chi connectivity index (χ0) is 21.5. The Bertz CT molecular complexity index is 1060. The number of thiazole rings is 1. The Kier molecular flexibility index (Phi) is 6.78. The normalized spacial score (nSPS) is 10.8. The summed E-state index contributed by atoms with van der Waals surface area (Å²) in [7, 11) is 6.27. The lowest BCUT2D eigenvalue weighted by Gasteiger charge is -2.14. The second-order valence-electron chi connectivity index (χ2n) is 5.99. The first-order chi connectivity index (χ1) is 14.6. The quantitative estimate of drug-likeness (QED) is 0.520. The van der Waals surface area contributed by atoms with E-state index in [4.69, 9.17) is 18.9 Å². The van der Waals surface area contributed by atoms with E-state index in [2.05, 4.69) is 16.4 Å². The van der Waals surface area contributed by atoms with E-state index in [1.165, 1.54) is 11.3 Å². The molecule has 0 unspecified atom stereocenters. The van der Waals surface area contributed by atoms with Gasteiger partial charge in [-0.2, -0.15) is 5.26 Å². The Balaban J connectivity index is 1.85. The number of rotatable bonds is 8. The van der Waals surface area contributed by atoms with Crippen LogP contribution in [0.4, 0.5) is 5.69 Å². The molecule has 0 spiro atoms. The summed E-state index contributed by atoms with van der Waals surface area (Å²) in [4.78, 5) is 4.59. The van der Waals surface area contributed by atoms with Crippen LogP contribution in [0.1, 0.15) is 5.01 Å². The van der Waals surface area contributed by atoms with Crippen LogP contribution in [-0.4, -0.2) is 33.4 Å². The smallest absolute Gasteiger partial charge is 0.203 e. The van der Waals surface area contributed by atoms with Gasteiger partial charge >= 0.3 is 0 Å². The number of nitrogens with zero attached hydrogens (tertiary/aromatic N) is 2. The number of ether oxygens (including phenoxy) is 4. The molecule has 0 fully saturated rings. The van der Waals surface area contributed by atoms with Crippen LogP contribution < -0.4 is 24.3 Å². The average molecular weight is 423 g/mol.